The van der Waals surface area contributed by atoms with Crippen LogP contribution in [0.1, 0.15) is 32.1 Å². The van der Waals surface area contributed by atoms with Gasteiger partial charge in [-0.1, -0.05) is 23.8 Å². The van der Waals surface area contributed by atoms with Gasteiger partial charge in [-0.05, 0) is 50.9 Å². The molecule has 5 nitrogen and oxygen atoms in total. The number of pyridine rings is 2. The summed E-state index contributed by atoms with van der Waals surface area (Å²) in [4.78, 5) is 18.8. The normalized spacial score (nSPS) is 19.6. The lowest BCUT2D eigenvalue weighted by Gasteiger charge is -2.40. The minimum atomic E-state index is 0.770. The monoisotopic (exact) mass is 379 g/mol. The summed E-state index contributed by atoms with van der Waals surface area (Å²) in [6, 6.07) is 7.00. The molecule has 5 heterocycles. The summed E-state index contributed by atoms with van der Waals surface area (Å²) < 4.78 is 1.16. The second-order valence-corrected chi connectivity index (χ2v) is 8.61. The van der Waals surface area contributed by atoms with Gasteiger partial charge in [-0.3, -0.25) is 4.98 Å². The van der Waals surface area contributed by atoms with Crippen molar-refractivity contribution in [1.29, 1.82) is 0 Å². The number of hydrogen-bond acceptors (Lipinski definition) is 6. The predicted octanol–water partition coefficient (Wildman–Crippen LogP) is 4.21. The van der Waals surface area contributed by atoms with Crippen molar-refractivity contribution in [3.63, 3.8) is 0 Å². The van der Waals surface area contributed by atoms with Gasteiger partial charge in [-0.25, -0.2) is 4.98 Å². The topological polar surface area (TPSA) is 45.2 Å². The molecule has 0 unspecified atom stereocenters. The molecule has 2 aliphatic rings. The maximum Gasteiger partial charge on any atom is 0.188 e. The van der Waals surface area contributed by atoms with Crippen LogP contribution in [0.5, 0.6) is 0 Å². The van der Waals surface area contributed by atoms with E-state index in [0.717, 1.165) is 45.7 Å². The fraction of sp³-hybridized carbons (Fsp3) is 0.476. The Kier molecular flexibility index (Phi) is 4.76. The summed E-state index contributed by atoms with van der Waals surface area (Å²) in [5.41, 5.74) is 3.07. The van der Waals surface area contributed by atoms with E-state index in [1.807, 2.05) is 18.5 Å². The molecular weight excluding hydrogens is 354 g/mol. The van der Waals surface area contributed by atoms with Crippen LogP contribution in [0.2, 0.25) is 0 Å². The molecule has 5 rings (SSSR count). The van der Waals surface area contributed by atoms with Crippen molar-refractivity contribution >= 4 is 26.8 Å². The average molecular weight is 380 g/mol. The average Bonchev–Trinajstić information content (AvgIpc) is 3.18. The Hall–Kier alpha value is -2.05. The number of hydrogen-bond donors (Lipinski definition) is 0. The zero-order valence-corrected chi connectivity index (χ0v) is 16.4. The molecule has 0 radical (unpaired) electrons. The number of nitrogens with zero attached hydrogens (tertiary/aromatic N) is 5. The summed E-state index contributed by atoms with van der Waals surface area (Å²) in [6.45, 7) is 4.81. The van der Waals surface area contributed by atoms with Crippen LogP contribution in [0, 0.1) is 0 Å². The summed E-state index contributed by atoms with van der Waals surface area (Å²) in [5.74, 6) is 0. The number of thiazole rings is 1. The number of anilines is 1. The van der Waals surface area contributed by atoms with Crippen molar-refractivity contribution in [3.05, 3.63) is 36.8 Å². The number of piperidine rings is 2. The fourth-order valence-corrected chi connectivity index (χ4v) is 5.36. The lowest BCUT2D eigenvalue weighted by atomic mass is 10.0. The van der Waals surface area contributed by atoms with Crippen LogP contribution in [-0.2, 0) is 0 Å². The Morgan fingerprint density at radius 1 is 0.963 bits per heavy atom. The quantitative estimate of drug-likeness (QED) is 0.682. The van der Waals surface area contributed by atoms with E-state index in [9.17, 15) is 0 Å². The van der Waals surface area contributed by atoms with Gasteiger partial charge in [0.15, 0.2) is 10.8 Å². The van der Waals surface area contributed by atoms with Gasteiger partial charge < -0.3 is 9.80 Å². The van der Waals surface area contributed by atoms with Crippen LogP contribution in [0.25, 0.3) is 21.5 Å². The molecule has 0 amide bonds. The van der Waals surface area contributed by atoms with E-state index in [2.05, 4.69) is 31.9 Å². The second kappa shape index (κ2) is 7.52. The van der Waals surface area contributed by atoms with Crippen LogP contribution < -0.4 is 4.90 Å². The van der Waals surface area contributed by atoms with Crippen molar-refractivity contribution in [2.45, 2.75) is 38.1 Å². The van der Waals surface area contributed by atoms with Gasteiger partial charge in [0.05, 0.1) is 4.70 Å². The van der Waals surface area contributed by atoms with E-state index in [4.69, 9.17) is 4.98 Å². The van der Waals surface area contributed by atoms with Gasteiger partial charge in [0, 0.05) is 48.8 Å². The summed E-state index contributed by atoms with van der Waals surface area (Å²) in [7, 11) is 0. The summed E-state index contributed by atoms with van der Waals surface area (Å²) in [6.07, 6.45) is 12.3. The highest BCUT2D eigenvalue weighted by atomic mass is 32.1. The van der Waals surface area contributed by atoms with Crippen LogP contribution in [0.15, 0.2) is 36.8 Å². The molecule has 0 bridgehead atoms. The van der Waals surface area contributed by atoms with Crippen molar-refractivity contribution in [3.8, 4) is 11.1 Å². The maximum absolute atomic E-state index is 4.81. The Morgan fingerprint density at radius 3 is 2.59 bits per heavy atom. The first-order chi connectivity index (χ1) is 13.4. The van der Waals surface area contributed by atoms with Crippen molar-refractivity contribution in [2.24, 2.45) is 0 Å². The first kappa shape index (κ1) is 17.1. The van der Waals surface area contributed by atoms with E-state index in [1.54, 1.807) is 17.5 Å². The molecular formula is C21H25N5S. The summed E-state index contributed by atoms with van der Waals surface area (Å²) >= 11 is 1.77. The molecule has 6 heteroatoms. The molecule has 0 atom stereocenters. The number of fused-ring (bicyclic) bond motifs is 1. The van der Waals surface area contributed by atoms with Gasteiger partial charge in [0.25, 0.3) is 0 Å². The number of likely N-dealkylation sites (tertiary alicyclic amines) is 1. The van der Waals surface area contributed by atoms with E-state index < -0.39 is 0 Å². The molecule has 3 aromatic heterocycles. The SMILES string of the molecule is c1cncc(-c2cnc3nc(N4CCC(N5CCCCC5)CC4)sc3c2)c1. The standard InChI is InChI=1S/C21H25N5S/c1-2-9-25(10-3-1)18-6-11-26(12-7-18)21-24-20-19(27-21)13-17(15-23-20)16-5-4-8-22-14-16/h4-5,8,13-15,18H,1-3,6-7,9-12H2. The van der Waals surface area contributed by atoms with Crippen LogP contribution in [0.3, 0.4) is 0 Å². The van der Waals surface area contributed by atoms with Crippen LogP contribution in [0.4, 0.5) is 5.13 Å². The number of aromatic nitrogens is 3. The molecule has 2 fully saturated rings. The lowest BCUT2D eigenvalue weighted by Crippen LogP contribution is -2.46. The predicted molar refractivity (Wildman–Crippen MR) is 111 cm³/mol. The maximum atomic E-state index is 4.81. The Morgan fingerprint density at radius 2 is 1.81 bits per heavy atom. The largest absolute Gasteiger partial charge is 0.348 e. The molecule has 0 aliphatic carbocycles. The molecule has 2 saturated heterocycles. The third kappa shape index (κ3) is 3.56. The van der Waals surface area contributed by atoms with Crippen molar-refractivity contribution in [2.75, 3.05) is 31.1 Å². The Bertz CT molecular complexity index is 895. The molecule has 3 aromatic rings. The van der Waals surface area contributed by atoms with E-state index in [0.29, 0.717) is 0 Å². The molecule has 0 aromatic carbocycles. The van der Waals surface area contributed by atoms with Crippen molar-refractivity contribution in [1.82, 2.24) is 19.9 Å². The Balaban J connectivity index is 1.31. The summed E-state index contributed by atoms with van der Waals surface area (Å²) in [5, 5.41) is 1.12. The third-order valence-electron chi connectivity index (χ3n) is 5.87. The van der Waals surface area contributed by atoms with Crippen LogP contribution >= 0.6 is 11.3 Å². The minimum Gasteiger partial charge on any atom is -0.348 e. The molecule has 27 heavy (non-hydrogen) atoms. The highest BCUT2D eigenvalue weighted by molar-refractivity contribution is 7.22. The molecule has 0 spiro atoms. The molecule has 140 valence electrons. The van der Waals surface area contributed by atoms with Gasteiger partial charge in [0.2, 0.25) is 0 Å². The molecule has 0 saturated carbocycles. The molecule has 2 aliphatic heterocycles. The number of rotatable bonds is 3. The third-order valence-corrected chi connectivity index (χ3v) is 6.93. The zero-order valence-electron chi connectivity index (χ0n) is 15.5. The first-order valence-electron chi connectivity index (χ1n) is 10.0. The van der Waals surface area contributed by atoms with E-state index in [1.165, 1.54) is 45.2 Å². The van der Waals surface area contributed by atoms with Gasteiger partial charge in [-0.15, -0.1) is 0 Å². The second-order valence-electron chi connectivity index (χ2n) is 7.60. The van der Waals surface area contributed by atoms with E-state index >= 15 is 0 Å². The van der Waals surface area contributed by atoms with Gasteiger partial charge in [-0.2, -0.15) is 4.98 Å². The smallest absolute Gasteiger partial charge is 0.188 e. The first-order valence-corrected chi connectivity index (χ1v) is 10.8. The highest BCUT2D eigenvalue weighted by Gasteiger charge is 2.26. The Labute approximate surface area is 164 Å². The molecule has 0 N–H and O–H groups in total. The zero-order chi connectivity index (χ0) is 18.1. The van der Waals surface area contributed by atoms with Gasteiger partial charge in [0.1, 0.15) is 0 Å². The fourth-order valence-electron chi connectivity index (χ4n) is 4.34. The van der Waals surface area contributed by atoms with Crippen LogP contribution in [-0.4, -0.2) is 52.1 Å². The van der Waals surface area contributed by atoms with Crippen molar-refractivity contribution < 1.29 is 0 Å². The van der Waals surface area contributed by atoms with E-state index in [-0.39, 0.29) is 0 Å². The minimum absolute atomic E-state index is 0.770. The lowest BCUT2D eigenvalue weighted by molar-refractivity contribution is 0.141. The van der Waals surface area contributed by atoms with Gasteiger partial charge >= 0.3 is 0 Å². The highest BCUT2D eigenvalue weighted by Crippen LogP contribution is 2.33.